The third-order valence-electron chi connectivity index (χ3n) is 2.31. The molecule has 0 radical (unpaired) electrons. The summed E-state index contributed by atoms with van der Waals surface area (Å²) in [4.78, 5) is 0. The number of rotatable bonds is 3. The number of ether oxygens (including phenoxy) is 1. The Labute approximate surface area is 137 Å². The Morgan fingerprint density at radius 3 is 2.47 bits per heavy atom. The molecule has 0 bridgehead atoms. The van der Waals surface area contributed by atoms with Crippen molar-refractivity contribution >= 4 is 23.1 Å². The van der Waals surface area contributed by atoms with E-state index in [9.17, 15) is 8.78 Å². The topological polar surface area (TPSA) is 9.23 Å². The molecule has 0 aromatic heterocycles. The van der Waals surface area contributed by atoms with E-state index in [1.54, 1.807) is 12.1 Å². The predicted octanol–water partition coefficient (Wildman–Crippen LogP) is 0.276. The van der Waals surface area contributed by atoms with Gasteiger partial charge in [-0.15, -0.1) is 12.1 Å². The van der Waals surface area contributed by atoms with Crippen LogP contribution in [0.25, 0.3) is 0 Å². The Bertz CT molecular complexity index is 535. The molecule has 0 amide bonds. The first kappa shape index (κ1) is 18.3. The Balaban J connectivity index is 0.00000162. The second-order valence-electron chi connectivity index (χ2n) is 3.74. The summed E-state index contributed by atoms with van der Waals surface area (Å²) in [6.07, 6.45) is 0. The van der Waals surface area contributed by atoms with Crippen LogP contribution in [0.2, 0.25) is 0 Å². The first-order valence-electron chi connectivity index (χ1n) is 5.20. The molecule has 5 heteroatoms. The van der Waals surface area contributed by atoms with Gasteiger partial charge in [0.25, 0.3) is 0 Å². The monoisotopic (exact) mass is 336 g/mol. The Kier molecular flexibility index (Phi) is 8.21. The molecule has 0 N–H and O–H groups in total. The molecule has 1 nitrogen and oxygen atoms in total. The largest absolute Gasteiger partial charge is 2.00 e. The fourth-order valence-electron chi connectivity index (χ4n) is 1.44. The number of hydrogen-bond donors (Lipinski definition) is 0. The summed E-state index contributed by atoms with van der Waals surface area (Å²) in [6.45, 7) is 2.12. The van der Waals surface area contributed by atoms with Crippen molar-refractivity contribution in [2.45, 2.75) is 13.5 Å². The van der Waals surface area contributed by atoms with Crippen molar-refractivity contribution in [2.75, 3.05) is 0 Å². The van der Waals surface area contributed by atoms with Crippen LogP contribution in [0.15, 0.2) is 36.4 Å². The van der Waals surface area contributed by atoms with Crippen molar-refractivity contribution in [1.82, 2.24) is 0 Å². The van der Waals surface area contributed by atoms with Gasteiger partial charge in [-0.3, -0.25) is 0 Å². The van der Waals surface area contributed by atoms with Crippen LogP contribution >= 0.6 is 0 Å². The van der Waals surface area contributed by atoms with E-state index >= 15 is 0 Å². The van der Waals surface area contributed by atoms with E-state index in [0.29, 0.717) is 11.3 Å². The zero-order valence-corrected chi connectivity index (χ0v) is 13.4. The summed E-state index contributed by atoms with van der Waals surface area (Å²) >= 11 is 0. The first-order valence-corrected chi connectivity index (χ1v) is 5.20. The van der Waals surface area contributed by atoms with Crippen LogP contribution < -0.4 is 21.7 Å². The van der Waals surface area contributed by atoms with Gasteiger partial charge >= 0.3 is 23.1 Å². The van der Waals surface area contributed by atoms with Crippen molar-refractivity contribution in [1.29, 1.82) is 0 Å². The molecule has 0 aliphatic rings. The van der Waals surface area contributed by atoms with E-state index in [1.165, 1.54) is 6.07 Å². The summed E-state index contributed by atoms with van der Waals surface area (Å²) < 4.78 is 31.1. The average molecular weight is 337 g/mol. The number of aryl methyl sites for hydroxylation is 1. The van der Waals surface area contributed by atoms with Gasteiger partial charge in [-0.2, -0.15) is 17.7 Å². The van der Waals surface area contributed by atoms with Crippen LogP contribution in [0.1, 0.15) is 11.1 Å². The second kappa shape index (κ2) is 8.50. The minimum Gasteiger partial charge on any atom is -1.00 e. The Hall–Kier alpha value is -0.654. The first-order chi connectivity index (χ1) is 8.15. The van der Waals surface area contributed by atoms with E-state index in [2.05, 4.69) is 6.07 Å². The second-order valence-corrected chi connectivity index (χ2v) is 3.74. The van der Waals surface area contributed by atoms with Crippen LogP contribution in [0.5, 0.6) is 5.75 Å². The van der Waals surface area contributed by atoms with Crippen LogP contribution in [-0.4, -0.2) is 23.1 Å². The molecule has 0 atom stereocenters. The molecule has 2 rings (SSSR count). The minimum absolute atomic E-state index is 0. The molecule has 0 fully saturated rings. The molecule has 0 heterocycles. The third kappa shape index (κ3) is 5.46. The van der Waals surface area contributed by atoms with Gasteiger partial charge in [0.2, 0.25) is 0 Å². The Morgan fingerprint density at radius 1 is 1.11 bits per heavy atom. The van der Waals surface area contributed by atoms with Crippen LogP contribution in [0.4, 0.5) is 8.78 Å². The minimum atomic E-state index is -0.858. The predicted molar refractivity (Wildman–Crippen MR) is 66.5 cm³/mol. The van der Waals surface area contributed by atoms with Gasteiger partial charge in [-0.1, -0.05) is 13.0 Å². The summed E-state index contributed by atoms with van der Waals surface area (Å²) in [5.41, 5.74) is 1.56. The van der Waals surface area contributed by atoms with Crippen molar-refractivity contribution < 1.29 is 30.5 Å². The van der Waals surface area contributed by atoms with E-state index < -0.39 is 11.6 Å². The normalized spacial score (nSPS) is 9.21. The van der Waals surface area contributed by atoms with Gasteiger partial charge < -0.3 is 21.7 Å². The van der Waals surface area contributed by atoms with Crippen molar-refractivity contribution in [3.05, 3.63) is 65.2 Å². The molecular weight excluding hydrogens is 326 g/mol. The zero-order chi connectivity index (χ0) is 12.3. The van der Waals surface area contributed by atoms with Crippen LogP contribution in [-0.2, 0) is 6.61 Å². The summed E-state index contributed by atoms with van der Waals surface area (Å²) in [5, 5.41) is 0. The van der Waals surface area contributed by atoms with E-state index in [-0.39, 0.29) is 46.6 Å². The fraction of sp³-hybridized carbons (Fsp3) is 0.143. The number of halogens is 3. The van der Waals surface area contributed by atoms with E-state index in [4.69, 9.17) is 4.74 Å². The third-order valence-corrected chi connectivity index (χ3v) is 2.31. The standard InChI is InChI=1S/C14H11F2O.BrH.Mg/c1-10-3-2-4-12(7-10)17-9-11-5-6-13(15)14(16)8-11;;/h2,4-8H,9H2,1H3;1H;/q-1;;+2/p-1. The maximum atomic E-state index is 12.9. The number of hydrogen-bond acceptors (Lipinski definition) is 1. The summed E-state index contributed by atoms with van der Waals surface area (Å²) in [6, 6.07) is 12.1. The molecule has 0 unspecified atom stereocenters. The molecule has 96 valence electrons. The molecule has 0 saturated heterocycles. The molecule has 0 aliphatic heterocycles. The van der Waals surface area contributed by atoms with Gasteiger partial charge in [0.05, 0.1) is 0 Å². The Morgan fingerprint density at radius 2 is 1.84 bits per heavy atom. The van der Waals surface area contributed by atoms with Gasteiger partial charge in [0.1, 0.15) is 6.61 Å². The fourth-order valence-corrected chi connectivity index (χ4v) is 1.44. The molecule has 0 aliphatic carbocycles. The van der Waals surface area contributed by atoms with Crippen molar-refractivity contribution in [3.63, 3.8) is 0 Å². The van der Waals surface area contributed by atoms with Crippen LogP contribution in [0, 0.1) is 24.6 Å². The molecule has 2 aromatic rings. The average Bonchev–Trinajstić information content (AvgIpc) is 2.31. The molecule has 0 spiro atoms. The van der Waals surface area contributed by atoms with E-state index in [0.717, 1.165) is 17.7 Å². The summed E-state index contributed by atoms with van der Waals surface area (Å²) in [7, 11) is 0. The maximum absolute atomic E-state index is 12.9. The van der Waals surface area contributed by atoms with Gasteiger partial charge in [-0.25, -0.2) is 8.78 Å². The number of benzene rings is 2. The van der Waals surface area contributed by atoms with Gasteiger partial charge in [-0.05, 0) is 17.7 Å². The van der Waals surface area contributed by atoms with Gasteiger partial charge in [0, 0.05) is 5.75 Å². The smallest absolute Gasteiger partial charge is 1.00 e. The molecular formula is C14H11BrF2MgO. The molecule has 0 saturated carbocycles. The zero-order valence-electron chi connectivity index (χ0n) is 10.4. The molecule has 2 aromatic carbocycles. The maximum Gasteiger partial charge on any atom is 2.00 e. The molecule has 19 heavy (non-hydrogen) atoms. The van der Waals surface area contributed by atoms with Crippen LogP contribution in [0.3, 0.4) is 0 Å². The van der Waals surface area contributed by atoms with Crippen molar-refractivity contribution in [3.8, 4) is 5.75 Å². The quantitative estimate of drug-likeness (QED) is 0.577. The summed E-state index contributed by atoms with van der Waals surface area (Å²) in [5.74, 6) is -1.02. The van der Waals surface area contributed by atoms with Crippen molar-refractivity contribution in [2.24, 2.45) is 0 Å². The SMILES string of the molecule is Cc1[c-]ccc(OCc2ccc(F)c(F)c2)c1.[Br-].[Mg+2]. The van der Waals surface area contributed by atoms with Gasteiger partial charge in [0.15, 0.2) is 11.6 Å². The van der Waals surface area contributed by atoms with E-state index in [1.807, 2.05) is 13.0 Å².